The highest BCUT2D eigenvalue weighted by Gasteiger charge is 2.29. The second kappa shape index (κ2) is 9.68. The number of anilines is 1. The molecule has 2 heterocycles. The minimum atomic E-state index is -0.326. The van der Waals surface area contributed by atoms with Gasteiger partial charge >= 0.3 is 0 Å². The molecule has 0 bridgehead atoms. The predicted molar refractivity (Wildman–Crippen MR) is 102 cm³/mol. The lowest BCUT2D eigenvalue weighted by Gasteiger charge is -2.38. The van der Waals surface area contributed by atoms with Crippen molar-refractivity contribution in [3.63, 3.8) is 0 Å². The third-order valence-corrected chi connectivity index (χ3v) is 4.54. The number of benzene rings is 1. The SMILES string of the molecule is Cc1ccc(Cl)cc1N1CCN(C(=O)C2CNCCO2)CC1.Cl.Cl. The average Bonchev–Trinajstić information content (AvgIpc) is 2.57. The highest BCUT2D eigenvalue weighted by molar-refractivity contribution is 6.30. The van der Waals surface area contributed by atoms with Crippen LogP contribution >= 0.6 is 36.4 Å². The quantitative estimate of drug-likeness (QED) is 0.832. The third-order valence-electron chi connectivity index (χ3n) is 4.31. The van der Waals surface area contributed by atoms with Crippen LogP contribution in [0.2, 0.25) is 5.02 Å². The van der Waals surface area contributed by atoms with Gasteiger partial charge in [0.25, 0.3) is 5.91 Å². The van der Waals surface area contributed by atoms with Crippen LogP contribution in [-0.4, -0.2) is 62.8 Å². The number of halogens is 3. The number of nitrogens with one attached hydrogen (secondary N) is 1. The molecule has 2 aliphatic heterocycles. The second-order valence-electron chi connectivity index (χ2n) is 5.81. The Balaban J connectivity index is 0.00000144. The largest absolute Gasteiger partial charge is 0.368 e. The summed E-state index contributed by atoms with van der Waals surface area (Å²) < 4.78 is 5.55. The lowest BCUT2D eigenvalue weighted by molar-refractivity contribution is -0.145. The first-order valence-corrected chi connectivity index (χ1v) is 8.15. The van der Waals surface area contributed by atoms with Crippen molar-refractivity contribution in [3.8, 4) is 0 Å². The molecule has 0 saturated carbocycles. The van der Waals surface area contributed by atoms with E-state index in [0.717, 1.165) is 43.4 Å². The number of aryl methyl sites for hydroxylation is 1. The van der Waals surface area contributed by atoms with Gasteiger partial charge in [0.1, 0.15) is 6.10 Å². The van der Waals surface area contributed by atoms with Gasteiger partial charge in [0, 0.05) is 50.0 Å². The van der Waals surface area contributed by atoms with Gasteiger partial charge in [-0.05, 0) is 24.6 Å². The lowest BCUT2D eigenvalue weighted by atomic mass is 10.1. The Labute approximate surface area is 160 Å². The first kappa shape index (κ1) is 21.3. The Bertz CT molecular complexity index is 545. The highest BCUT2D eigenvalue weighted by Crippen LogP contribution is 2.25. The van der Waals surface area contributed by atoms with Crippen LogP contribution in [0, 0.1) is 6.92 Å². The lowest BCUT2D eigenvalue weighted by Crippen LogP contribution is -2.55. The van der Waals surface area contributed by atoms with Gasteiger partial charge in [0.2, 0.25) is 0 Å². The van der Waals surface area contributed by atoms with Gasteiger partial charge in [-0.15, -0.1) is 24.8 Å². The van der Waals surface area contributed by atoms with E-state index in [-0.39, 0.29) is 36.8 Å². The second-order valence-corrected chi connectivity index (χ2v) is 6.24. The summed E-state index contributed by atoms with van der Waals surface area (Å²) in [4.78, 5) is 16.6. The molecule has 1 aromatic rings. The maximum absolute atomic E-state index is 12.4. The van der Waals surface area contributed by atoms with Gasteiger partial charge in [0.05, 0.1) is 6.61 Å². The molecule has 1 aromatic carbocycles. The van der Waals surface area contributed by atoms with Crippen molar-refractivity contribution in [2.75, 3.05) is 50.8 Å². The molecule has 1 N–H and O–H groups in total. The molecular formula is C16H24Cl3N3O2. The standard InChI is InChI=1S/C16H22ClN3O2.2ClH/c1-12-2-3-13(17)10-14(12)19-5-7-20(8-6-19)16(21)15-11-18-4-9-22-15;;/h2-3,10,15,18H,4-9,11H2,1H3;2*1H. The van der Waals surface area contributed by atoms with Crippen LogP contribution in [0.4, 0.5) is 5.69 Å². The van der Waals surface area contributed by atoms with Crippen LogP contribution in [0.3, 0.4) is 0 Å². The minimum absolute atomic E-state index is 0. The Hall–Kier alpha value is -0.720. The van der Waals surface area contributed by atoms with Gasteiger partial charge in [-0.1, -0.05) is 17.7 Å². The first-order valence-electron chi connectivity index (χ1n) is 7.77. The van der Waals surface area contributed by atoms with Crippen molar-refractivity contribution in [1.29, 1.82) is 0 Å². The Morgan fingerprint density at radius 2 is 1.96 bits per heavy atom. The highest BCUT2D eigenvalue weighted by atomic mass is 35.5. The molecular weight excluding hydrogens is 373 g/mol. The Morgan fingerprint density at radius 3 is 2.58 bits per heavy atom. The van der Waals surface area contributed by atoms with Crippen molar-refractivity contribution < 1.29 is 9.53 Å². The summed E-state index contributed by atoms with van der Waals surface area (Å²) in [5.41, 5.74) is 2.37. The monoisotopic (exact) mass is 395 g/mol. The summed E-state index contributed by atoms with van der Waals surface area (Å²) in [6.45, 7) is 7.25. The topological polar surface area (TPSA) is 44.8 Å². The van der Waals surface area contributed by atoms with E-state index in [0.29, 0.717) is 13.2 Å². The number of ether oxygens (including phenoxy) is 1. The number of nitrogens with zero attached hydrogens (tertiary/aromatic N) is 2. The smallest absolute Gasteiger partial charge is 0.253 e. The number of hydrogen-bond acceptors (Lipinski definition) is 4. The summed E-state index contributed by atoms with van der Waals surface area (Å²) in [7, 11) is 0. The van der Waals surface area contributed by atoms with E-state index < -0.39 is 0 Å². The van der Waals surface area contributed by atoms with Gasteiger partial charge in [0.15, 0.2) is 0 Å². The molecule has 5 nitrogen and oxygen atoms in total. The molecule has 24 heavy (non-hydrogen) atoms. The van der Waals surface area contributed by atoms with E-state index in [1.165, 1.54) is 5.56 Å². The van der Waals surface area contributed by atoms with Crippen molar-refractivity contribution in [2.24, 2.45) is 0 Å². The van der Waals surface area contributed by atoms with Crippen molar-refractivity contribution >= 4 is 48.0 Å². The maximum atomic E-state index is 12.4. The molecule has 3 rings (SSSR count). The van der Waals surface area contributed by atoms with Gasteiger partial charge in [-0.25, -0.2) is 0 Å². The van der Waals surface area contributed by atoms with Crippen LogP contribution in [0.5, 0.6) is 0 Å². The number of carbonyl (C=O) groups excluding carboxylic acids is 1. The Kier molecular flexibility index (Phi) is 8.60. The van der Waals surface area contributed by atoms with Crippen LogP contribution in [0.25, 0.3) is 0 Å². The molecule has 136 valence electrons. The van der Waals surface area contributed by atoms with E-state index in [4.69, 9.17) is 16.3 Å². The molecule has 1 amide bonds. The van der Waals surface area contributed by atoms with E-state index in [1.54, 1.807) is 0 Å². The average molecular weight is 397 g/mol. The number of piperazine rings is 1. The zero-order valence-corrected chi connectivity index (χ0v) is 16.1. The minimum Gasteiger partial charge on any atom is -0.368 e. The van der Waals surface area contributed by atoms with Gasteiger partial charge in [-0.3, -0.25) is 4.79 Å². The molecule has 1 atom stereocenters. The van der Waals surface area contributed by atoms with E-state index >= 15 is 0 Å². The molecule has 0 radical (unpaired) electrons. The first-order chi connectivity index (χ1) is 10.6. The zero-order valence-electron chi connectivity index (χ0n) is 13.7. The molecule has 0 aromatic heterocycles. The fourth-order valence-electron chi connectivity index (χ4n) is 3.02. The summed E-state index contributed by atoms with van der Waals surface area (Å²) in [6, 6.07) is 5.95. The molecule has 2 saturated heterocycles. The van der Waals surface area contributed by atoms with Crippen LogP contribution in [0.1, 0.15) is 5.56 Å². The molecule has 2 aliphatic rings. The zero-order chi connectivity index (χ0) is 15.5. The van der Waals surface area contributed by atoms with E-state index in [9.17, 15) is 4.79 Å². The van der Waals surface area contributed by atoms with Crippen LogP contribution < -0.4 is 10.2 Å². The Morgan fingerprint density at radius 1 is 1.25 bits per heavy atom. The molecule has 0 aliphatic carbocycles. The molecule has 0 spiro atoms. The summed E-state index contributed by atoms with van der Waals surface area (Å²) >= 11 is 6.10. The summed E-state index contributed by atoms with van der Waals surface area (Å²) in [5.74, 6) is 0.106. The van der Waals surface area contributed by atoms with Crippen LogP contribution in [-0.2, 0) is 9.53 Å². The predicted octanol–water partition coefficient (Wildman–Crippen LogP) is 2.13. The normalized spacial score (nSPS) is 20.8. The summed E-state index contributed by atoms with van der Waals surface area (Å²) in [6.07, 6.45) is -0.326. The number of amides is 1. The third kappa shape index (κ3) is 4.90. The fourth-order valence-corrected chi connectivity index (χ4v) is 3.18. The van der Waals surface area contributed by atoms with Crippen molar-refractivity contribution in [2.45, 2.75) is 13.0 Å². The number of morpholine rings is 1. The number of hydrogen-bond donors (Lipinski definition) is 1. The molecule has 1 unspecified atom stereocenters. The summed E-state index contributed by atoms with van der Waals surface area (Å²) in [5, 5.41) is 3.96. The van der Waals surface area contributed by atoms with Gasteiger partial charge in [-0.2, -0.15) is 0 Å². The fraction of sp³-hybridized carbons (Fsp3) is 0.562. The van der Waals surface area contributed by atoms with Gasteiger partial charge < -0.3 is 19.9 Å². The van der Waals surface area contributed by atoms with E-state index in [1.807, 2.05) is 23.1 Å². The van der Waals surface area contributed by atoms with Crippen molar-refractivity contribution in [1.82, 2.24) is 10.2 Å². The number of carbonyl (C=O) groups is 1. The van der Waals surface area contributed by atoms with Crippen molar-refractivity contribution in [3.05, 3.63) is 28.8 Å². The van der Waals surface area contributed by atoms with E-state index in [2.05, 4.69) is 17.1 Å². The molecule has 2 fully saturated rings. The maximum Gasteiger partial charge on any atom is 0.253 e. The van der Waals surface area contributed by atoms with Crippen LogP contribution in [0.15, 0.2) is 18.2 Å². The number of rotatable bonds is 2. The molecule has 8 heteroatoms.